The molecule has 0 bridgehead atoms. The summed E-state index contributed by atoms with van der Waals surface area (Å²) in [6.07, 6.45) is 2.77. The van der Waals surface area contributed by atoms with Crippen LogP contribution in [0.25, 0.3) is 6.08 Å². The van der Waals surface area contributed by atoms with Crippen LogP contribution in [0, 0.1) is 0 Å². The van der Waals surface area contributed by atoms with Gasteiger partial charge < -0.3 is 15.1 Å². The van der Waals surface area contributed by atoms with Crippen LogP contribution in [0.2, 0.25) is 0 Å². The largest absolute Gasteiger partial charge is 0.465 e. The van der Waals surface area contributed by atoms with Crippen LogP contribution in [0.3, 0.4) is 0 Å². The lowest BCUT2D eigenvalue weighted by Gasteiger charge is -2.12. The summed E-state index contributed by atoms with van der Waals surface area (Å²) in [5.41, 5.74) is 0.270. The number of nitrogens with zero attached hydrogens (tertiary/aromatic N) is 1. The maximum absolute atomic E-state index is 12.3. The molecule has 3 rings (SSSR count). The van der Waals surface area contributed by atoms with E-state index in [4.69, 9.17) is 9.56 Å². The van der Waals surface area contributed by atoms with Crippen molar-refractivity contribution >= 4 is 39.6 Å². The fraction of sp³-hybridized carbons (Fsp3) is 0.0625. The van der Waals surface area contributed by atoms with Crippen LogP contribution in [0.1, 0.15) is 5.76 Å². The van der Waals surface area contributed by atoms with E-state index in [0.717, 1.165) is 4.90 Å². The first-order valence-electron chi connectivity index (χ1n) is 7.55. The van der Waals surface area contributed by atoms with Crippen LogP contribution in [0.5, 0.6) is 0 Å². The van der Waals surface area contributed by atoms with Gasteiger partial charge in [-0.25, -0.2) is 23.3 Å². The van der Waals surface area contributed by atoms with E-state index >= 15 is 0 Å². The molecule has 1 fully saturated rings. The first kappa shape index (κ1) is 18.4. The number of benzene rings is 1. The first-order chi connectivity index (χ1) is 12.7. The Morgan fingerprint density at radius 2 is 1.93 bits per heavy atom. The SMILES string of the molecule is NS(=O)(=O)c1ccc(NC(=O)CN2C(=O)N/C(=C\c3ccco3)C2=O)cc1. The van der Waals surface area contributed by atoms with Crippen LogP contribution in [-0.4, -0.2) is 37.7 Å². The van der Waals surface area contributed by atoms with Gasteiger partial charge in [-0.15, -0.1) is 0 Å². The second-order valence-electron chi connectivity index (χ2n) is 5.51. The van der Waals surface area contributed by atoms with Crippen LogP contribution in [0.15, 0.2) is 57.7 Å². The van der Waals surface area contributed by atoms with Gasteiger partial charge in [0.1, 0.15) is 18.0 Å². The lowest BCUT2D eigenvalue weighted by Crippen LogP contribution is -2.38. The molecule has 1 aliphatic heterocycles. The summed E-state index contributed by atoms with van der Waals surface area (Å²) >= 11 is 0. The van der Waals surface area contributed by atoms with Gasteiger partial charge in [-0.05, 0) is 36.4 Å². The number of carbonyl (C=O) groups excluding carboxylic acids is 3. The summed E-state index contributed by atoms with van der Waals surface area (Å²) < 4.78 is 27.5. The Labute approximate surface area is 153 Å². The van der Waals surface area contributed by atoms with E-state index in [1.807, 2.05) is 0 Å². The number of anilines is 1. The number of imide groups is 1. The van der Waals surface area contributed by atoms with Gasteiger partial charge >= 0.3 is 6.03 Å². The second-order valence-corrected chi connectivity index (χ2v) is 7.07. The molecule has 2 heterocycles. The van der Waals surface area contributed by atoms with E-state index in [1.165, 1.54) is 36.6 Å². The Hall–Kier alpha value is -3.44. The summed E-state index contributed by atoms with van der Waals surface area (Å²) in [5.74, 6) is -0.933. The molecule has 0 saturated carbocycles. The summed E-state index contributed by atoms with van der Waals surface area (Å²) in [5, 5.41) is 9.82. The molecule has 1 aromatic carbocycles. The van der Waals surface area contributed by atoms with Crippen LogP contribution < -0.4 is 15.8 Å². The number of furan rings is 1. The summed E-state index contributed by atoms with van der Waals surface area (Å²) in [6, 6.07) is 7.62. The van der Waals surface area contributed by atoms with Crippen molar-refractivity contribution < 1.29 is 27.2 Å². The molecule has 0 unspecified atom stereocenters. The van der Waals surface area contributed by atoms with E-state index < -0.39 is 34.4 Å². The van der Waals surface area contributed by atoms with Crippen molar-refractivity contribution in [2.24, 2.45) is 5.14 Å². The van der Waals surface area contributed by atoms with Gasteiger partial charge in [0.05, 0.1) is 11.2 Å². The predicted molar refractivity (Wildman–Crippen MR) is 93.4 cm³/mol. The molecule has 27 heavy (non-hydrogen) atoms. The zero-order valence-corrected chi connectivity index (χ0v) is 14.5. The van der Waals surface area contributed by atoms with Crippen molar-refractivity contribution in [1.82, 2.24) is 10.2 Å². The number of nitrogens with one attached hydrogen (secondary N) is 2. The average Bonchev–Trinajstić information content (AvgIpc) is 3.19. The number of hydrogen-bond donors (Lipinski definition) is 3. The van der Waals surface area contributed by atoms with Gasteiger partial charge in [0, 0.05) is 11.8 Å². The third-order valence-corrected chi connectivity index (χ3v) is 4.49. The molecular formula is C16H14N4O6S. The molecule has 140 valence electrons. The van der Waals surface area contributed by atoms with Crippen molar-refractivity contribution in [3.05, 3.63) is 54.1 Å². The number of primary sulfonamides is 1. The maximum Gasteiger partial charge on any atom is 0.329 e. The number of urea groups is 1. The topological polar surface area (TPSA) is 152 Å². The van der Waals surface area contributed by atoms with Crippen molar-refractivity contribution in [1.29, 1.82) is 0 Å². The van der Waals surface area contributed by atoms with Gasteiger partial charge in [-0.3, -0.25) is 9.59 Å². The zero-order valence-electron chi connectivity index (χ0n) is 13.7. The molecule has 10 nitrogen and oxygen atoms in total. The monoisotopic (exact) mass is 390 g/mol. The molecular weight excluding hydrogens is 376 g/mol. The number of carbonyl (C=O) groups is 3. The molecule has 0 radical (unpaired) electrons. The lowest BCUT2D eigenvalue weighted by atomic mass is 10.3. The Morgan fingerprint density at radius 3 is 2.52 bits per heavy atom. The Balaban J connectivity index is 1.65. The predicted octanol–water partition coefficient (Wildman–Crippen LogP) is 0.458. The van der Waals surface area contributed by atoms with E-state index in [2.05, 4.69) is 10.6 Å². The molecule has 4 N–H and O–H groups in total. The first-order valence-corrected chi connectivity index (χ1v) is 9.09. The molecule has 1 aromatic heterocycles. The van der Waals surface area contributed by atoms with Crippen LogP contribution in [-0.2, 0) is 19.6 Å². The minimum absolute atomic E-state index is 0.0137. The van der Waals surface area contributed by atoms with E-state index in [0.29, 0.717) is 5.76 Å². The maximum atomic E-state index is 12.3. The molecule has 4 amide bonds. The van der Waals surface area contributed by atoms with Gasteiger partial charge in [0.25, 0.3) is 5.91 Å². The lowest BCUT2D eigenvalue weighted by molar-refractivity contribution is -0.127. The average molecular weight is 390 g/mol. The zero-order chi connectivity index (χ0) is 19.6. The van der Waals surface area contributed by atoms with Gasteiger partial charge in [0.15, 0.2) is 0 Å². The highest BCUT2D eigenvalue weighted by Crippen LogP contribution is 2.16. The van der Waals surface area contributed by atoms with Crippen molar-refractivity contribution in [2.45, 2.75) is 4.90 Å². The highest BCUT2D eigenvalue weighted by Gasteiger charge is 2.35. The summed E-state index contributed by atoms with van der Waals surface area (Å²) in [4.78, 5) is 36.9. The van der Waals surface area contributed by atoms with Crippen LogP contribution in [0.4, 0.5) is 10.5 Å². The third-order valence-electron chi connectivity index (χ3n) is 3.56. The van der Waals surface area contributed by atoms with E-state index in [1.54, 1.807) is 12.1 Å². The highest BCUT2D eigenvalue weighted by molar-refractivity contribution is 7.89. The van der Waals surface area contributed by atoms with Crippen molar-refractivity contribution in [3.8, 4) is 0 Å². The number of nitrogens with two attached hydrogens (primary N) is 1. The normalized spacial score (nSPS) is 15.9. The molecule has 1 aliphatic rings. The van der Waals surface area contributed by atoms with Crippen LogP contribution >= 0.6 is 0 Å². The molecule has 11 heteroatoms. The smallest absolute Gasteiger partial charge is 0.329 e. The highest BCUT2D eigenvalue weighted by atomic mass is 32.2. The molecule has 0 aliphatic carbocycles. The Bertz CT molecular complexity index is 1030. The minimum Gasteiger partial charge on any atom is -0.465 e. The molecule has 2 aromatic rings. The Morgan fingerprint density at radius 1 is 1.22 bits per heavy atom. The standard InChI is InChI=1S/C16H14N4O6S/c17-27(24,25)12-5-3-10(4-6-12)18-14(21)9-20-15(22)13(19-16(20)23)8-11-2-1-7-26-11/h1-8H,9H2,(H,18,21)(H,19,23)(H2,17,24,25)/b13-8-. The third kappa shape index (κ3) is 4.22. The number of amides is 4. The number of hydrogen-bond acceptors (Lipinski definition) is 6. The van der Waals surface area contributed by atoms with E-state index in [-0.39, 0.29) is 16.3 Å². The quantitative estimate of drug-likeness (QED) is 0.498. The Kier molecular flexibility index (Phi) is 4.79. The molecule has 1 saturated heterocycles. The second kappa shape index (κ2) is 7.05. The fourth-order valence-electron chi connectivity index (χ4n) is 2.30. The molecule has 0 atom stereocenters. The fourth-order valence-corrected chi connectivity index (χ4v) is 2.82. The molecule has 0 spiro atoms. The van der Waals surface area contributed by atoms with Gasteiger partial charge in [-0.2, -0.15) is 0 Å². The minimum atomic E-state index is -3.84. The van der Waals surface area contributed by atoms with E-state index in [9.17, 15) is 22.8 Å². The van der Waals surface area contributed by atoms with Gasteiger partial charge in [-0.1, -0.05) is 0 Å². The van der Waals surface area contributed by atoms with Gasteiger partial charge in [0.2, 0.25) is 15.9 Å². The summed E-state index contributed by atoms with van der Waals surface area (Å²) in [6.45, 7) is -0.517. The number of sulfonamides is 1. The number of rotatable bonds is 5. The summed E-state index contributed by atoms with van der Waals surface area (Å²) in [7, 11) is -3.84. The van der Waals surface area contributed by atoms with Crippen molar-refractivity contribution in [3.63, 3.8) is 0 Å². The van der Waals surface area contributed by atoms with Crippen molar-refractivity contribution in [2.75, 3.05) is 11.9 Å².